The van der Waals surface area contributed by atoms with E-state index in [0.717, 1.165) is 0 Å². The topological polar surface area (TPSA) is 102 Å². The monoisotopic (exact) mass is 248 g/mol. The predicted molar refractivity (Wildman–Crippen MR) is 60.6 cm³/mol. The summed E-state index contributed by atoms with van der Waals surface area (Å²) < 4.78 is 5.03. The zero-order valence-corrected chi connectivity index (χ0v) is 9.83. The molecule has 0 atom stereocenters. The summed E-state index contributed by atoms with van der Waals surface area (Å²) in [4.78, 5) is 22.7. The number of nitrogens with zero attached hydrogens (tertiary/aromatic N) is 4. The molecular formula is C11H12N4O3. The van der Waals surface area contributed by atoms with Gasteiger partial charge in [0.1, 0.15) is 11.5 Å². The molecule has 0 radical (unpaired) electrons. The highest BCUT2D eigenvalue weighted by Gasteiger charge is 2.10. The fourth-order valence-electron chi connectivity index (χ4n) is 1.43. The molecule has 0 unspecified atom stereocenters. The molecular weight excluding hydrogens is 236 g/mol. The lowest BCUT2D eigenvalue weighted by Crippen LogP contribution is -1.96. The van der Waals surface area contributed by atoms with Crippen LogP contribution in [0, 0.1) is 6.92 Å². The van der Waals surface area contributed by atoms with Gasteiger partial charge in [-0.2, -0.15) is 4.98 Å². The molecule has 2 rings (SSSR count). The van der Waals surface area contributed by atoms with E-state index in [4.69, 9.17) is 9.63 Å². The number of carboxylic acids is 1. The molecule has 0 aromatic carbocycles. The lowest BCUT2D eigenvalue weighted by Gasteiger charge is -1.93. The summed E-state index contributed by atoms with van der Waals surface area (Å²) in [6.07, 6.45) is 2.63. The third-order valence-electron chi connectivity index (χ3n) is 2.25. The van der Waals surface area contributed by atoms with Gasteiger partial charge in [-0.15, -0.1) is 0 Å². The molecule has 1 N–H and O–H groups in total. The van der Waals surface area contributed by atoms with Gasteiger partial charge >= 0.3 is 5.97 Å². The minimum Gasteiger partial charge on any atom is -0.481 e. The van der Waals surface area contributed by atoms with Crippen molar-refractivity contribution in [1.82, 2.24) is 20.1 Å². The van der Waals surface area contributed by atoms with Crippen LogP contribution in [0.5, 0.6) is 0 Å². The Labute approximate surface area is 103 Å². The van der Waals surface area contributed by atoms with Crippen molar-refractivity contribution in [2.75, 3.05) is 0 Å². The van der Waals surface area contributed by atoms with E-state index in [0.29, 0.717) is 36.1 Å². The minimum absolute atomic E-state index is 0.0876. The van der Waals surface area contributed by atoms with Gasteiger partial charge in [-0.3, -0.25) is 4.79 Å². The summed E-state index contributed by atoms with van der Waals surface area (Å²) in [5.41, 5.74) is 0.593. The van der Waals surface area contributed by atoms with E-state index in [2.05, 4.69) is 20.1 Å². The van der Waals surface area contributed by atoms with E-state index < -0.39 is 5.97 Å². The molecule has 2 heterocycles. The standard InChI is InChI=1S/C11H12N4O3/c1-7-12-6-5-8(13-7)11-14-9(18-15-11)3-2-4-10(16)17/h5-6H,2-4H2,1H3,(H,16,17). The van der Waals surface area contributed by atoms with Crippen molar-refractivity contribution in [3.63, 3.8) is 0 Å². The van der Waals surface area contributed by atoms with E-state index in [1.165, 1.54) is 0 Å². The number of aryl methyl sites for hydroxylation is 2. The molecule has 0 bridgehead atoms. The van der Waals surface area contributed by atoms with Gasteiger partial charge in [0.25, 0.3) is 0 Å². The Kier molecular flexibility index (Phi) is 3.61. The van der Waals surface area contributed by atoms with Crippen molar-refractivity contribution in [3.05, 3.63) is 24.0 Å². The highest BCUT2D eigenvalue weighted by atomic mass is 16.5. The Morgan fingerprint density at radius 1 is 1.44 bits per heavy atom. The summed E-state index contributed by atoms with van der Waals surface area (Å²) in [6, 6.07) is 1.69. The van der Waals surface area contributed by atoms with Crippen molar-refractivity contribution in [3.8, 4) is 11.5 Å². The fraction of sp³-hybridized carbons (Fsp3) is 0.364. The van der Waals surface area contributed by atoms with E-state index in [9.17, 15) is 4.79 Å². The Balaban J connectivity index is 2.04. The molecule has 0 saturated heterocycles. The van der Waals surface area contributed by atoms with Gasteiger partial charge < -0.3 is 9.63 Å². The molecule has 7 nitrogen and oxygen atoms in total. The number of aromatic nitrogens is 4. The highest BCUT2D eigenvalue weighted by Crippen LogP contribution is 2.13. The number of rotatable bonds is 5. The summed E-state index contributed by atoms with van der Waals surface area (Å²) in [5, 5.41) is 12.3. The normalized spacial score (nSPS) is 10.5. The SMILES string of the molecule is Cc1nccc(-c2noc(CCCC(=O)O)n2)n1. The molecule has 0 aliphatic carbocycles. The Morgan fingerprint density at radius 3 is 3.00 bits per heavy atom. The van der Waals surface area contributed by atoms with Crippen LogP contribution in [0.3, 0.4) is 0 Å². The Bertz CT molecular complexity index is 553. The number of hydrogen-bond donors (Lipinski definition) is 1. The van der Waals surface area contributed by atoms with Crippen molar-refractivity contribution in [2.24, 2.45) is 0 Å². The first kappa shape index (κ1) is 12.2. The zero-order valence-electron chi connectivity index (χ0n) is 9.83. The molecule has 0 spiro atoms. The van der Waals surface area contributed by atoms with Gasteiger partial charge in [0.05, 0.1) is 0 Å². The first-order valence-electron chi connectivity index (χ1n) is 5.49. The molecule has 2 aromatic rings. The largest absolute Gasteiger partial charge is 0.481 e. The van der Waals surface area contributed by atoms with Gasteiger partial charge in [-0.25, -0.2) is 9.97 Å². The van der Waals surface area contributed by atoms with Crippen molar-refractivity contribution >= 4 is 5.97 Å². The quantitative estimate of drug-likeness (QED) is 0.849. The maximum absolute atomic E-state index is 10.4. The maximum Gasteiger partial charge on any atom is 0.303 e. The summed E-state index contributed by atoms with van der Waals surface area (Å²) in [7, 11) is 0. The lowest BCUT2D eigenvalue weighted by molar-refractivity contribution is -0.137. The van der Waals surface area contributed by atoms with Gasteiger partial charge in [0.2, 0.25) is 11.7 Å². The first-order valence-corrected chi connectivity index (χ1v) is 5.49. The molecule has 7 heteroatoms. The maximum atomic E-state index is 10.4. The molecule has 0 fully saturated rings. The summed E-state index contributed by atoms with van der Waals surface area (Å²) in [5.74, 6) is 0.610. The van der Waals surface area contributed by atoms with Gasteiger partial charge in [0.15, 0.2) is 0 Å². The van der Waals surface area contributed by atoms with Crippen LogP contribution in [0.1, 0.15) is 24.6 Å². The van der Waals surface area contributed by atoms with Crippen molar-refractivity contribution in [1.29, 1.82) is 0 Å². The molecule has 0 saturated carbocycles. The molecule has 0 amide bonds. The smallest absolute Gasteiger partial charge is 0.303 e. The Morgan fingerprint density at radius 2 is 2.28 bits per heavy atom. The lowest BCUT2D eigenvalue weighted by atomic mass is 10.2. The molecule has 0 aliphatic rings. The predicted octanol–water partition coefficient (Wildman–Crippen LogP) is 1.24. The van der Waals surface area contributed by atoms with Crippen LogP contribution in [-0.4, -0.2) is 31.2 Å². The van der Waals surface area contributed by atoms with Crippen LogP contribution in [0.2, 0.25) is 0 Å². The highest BCUT2D eigenvalue weighted by molar-refractivity contribution is 5.66. The Hall–Kier alpha value is -2.31. The second-order valence-electron chi connectivity index (χ2n) is 3.75. The third-order valence-corrected chi connectivity index (χ3v) is 2.25. The molecule has 2 aromatic heterocycles. The van der Waals surface area contributed by atoms with E-state index in [-0.39, 0.29) is 6.42 Å². The van der Waals surface area contributed by atoms with Crippen LogP contribution < -0.4 is 0 Å². The average molecular weight is 248 g/mol. The first-order chi connectivity index (χ1) is 8.65. The second-order valence-corrected chi connectivity index (χ2v) is 3.75. The van der Waals surface area contributed by atoms with Gasteiger partial charge in [-0.05, 0) is 19.4 Å². The number of carbonyl (C=O) groups is 1. The van der Waals surface area contributed by atoms with Crippen LogP contribution in [0.15, 0.2) is 16.8 Å². The number of carboxylic acid groups (broad SMARTS) is 1. The summed E-state index contributed by atoms with van der Waals surface area (Å²) in [6.45, 7) is 1.78. The van der Waals surface area contributed by atoms with Crippen LogP contribution in [-0.2, 0) is 11.2 Å². The summed E-state index contributed by atoms with van der Waals surface area (Å²) >= 11 is 0. The van der Waals surface area contributed by atoms with Crippen LogP contribution >= 0.6 is 0 Å². The van der Waals surface area contributed by atoms with Crippen LogP contribution in [0.4, 0.5) is 0 Å². The molecule has 0 aliphatic heterocycles. The fourth-order valence-corrected chi connectivity index (χ4v) is 1.43. The third kappa shape index (κ3) is 3.09. The van der Waals surface area contributed by atoms with Crippen LogP contribution in [0.25, 0.3) is 11.5 Å². The number of hydrogen-bond acceptors (Lipinski definition) is 6. The second kappa shape index (κ2) is 5.35. The van der Waals surface area contributed by atoms with Crippen molar-refractivity contribution < 1.29 is 14.4 Å². The molecule has 94 valence electrons. The average Bonchev–Trinajstić information content (AvgIpc) is 2.77. The van der Waals surface area contributed by atoms with Crippen molar-refractivity contribution in [2.45, 2.75) is 26.2 Å². The van der Waals surface area contributed by atoms with E-state index >= 15 is 0 Å². The van der Waals surface area contributed by atoms with Gasteiger partial charge in [-0.1, -0.05) is 5.16 Å². The van der Waals surface area contributed by atoms with E-state index in [1.807, 2.05) is 0 Å². The number of aliphatic carboxylic acids is 1. The minimum atomic E-state index is -0.832. The zero-order chi connectivity index (χ0) is 13.0. The van der Waals surface area contributed by atoms with E-state index in [1.54, 1.807) is 19.2 Å². The van der Waals surface area contributed by atoms with Gasteiger partial charge in [0, 0.05) is 19.0 Å². The molecule has 18 heavy (non-hydrogen) atoms.